The fourth-order valence-electron chi connectivity index (χ4n) is 4.61. The molecule has 2 aromatic carbocycles. The van der Waals surface area contributed by atoms with Crippen LogP contribution in [0.1, 0.15) is 56.8 Å². The van der Waals surface area contributed by atoms with Gasteiger partial charge >= 0.3 is 0 Å². The Hall–Kier alpha value is -2.16. The fraction of sp³-hybridized carbons (Fsp3) is 0.455. The molecule has 4 rings (SSSR count). The molecule has 3 unspecified atom stereocenters. The zero-order valence-electron chi connectivity index (χ0n) is 15.1. The summed E-state index contributed by atoms with van der Waals surface area (Å²) in [5, 5.41) is 19.6. The normalized spacial score (nSPS) is 28.1. The smallest absolute Gasteiger partial charge is 0.127 e. The van der Waals surface area contributed by atoms with Gasteiger partial charge in [-0.2, -0.15) is 0 Å². The van der Waals surface area contributed by atoms with Crippen molar-refractivity contribution in [1.82, 2.24) is 0 Å². The van der Waals surface area contributed by atoms with Crippen molar-refractivity contribution in [3.8, 4) is 17.2 Å². The molecule has 0 radical (unpaired) electrons. The molecule has 1 aliphatic carbocycles. The highest BCUT2D eigenvalue weighted by Gasteiger charge is 2.48. The molecule has 3 nitrogen and oxygen atoms in total. The third kappa shape index (κ3) is 2.86. The third-order valence-corrected chi connectivity index (χ3v) is 6.09. The van der Waals surface area contributed by atoms with Crippen molar-refractivity contribution in [1.29, 1.82) is 0 Å². The van der Waals surface area contributed by atoms with Crippen molar-refractivity contribution >= 4 is 0 Å². The maximum atomic E-state index is 9.96. The van der Waals surface area contributed by atoms with Gasteiger partial charge < -0.3 is 14.9 Å². The van der Waals surface area contributed by atoms with E-state index < -0.39 is 0 Å². The molecule has 2 N–H and O–H groups in total. The van der Waals surface area contributed by atoms with E-state index in [-0.39, 0.29) is 17.3 Å². The number of phenols is 2. The molecule has 1 saturated carbocycles. The average molecular weight is 338 g/mol. The average Bonchev–Trinajstić information content (AvgIpc) is 3.01. The van der Waals surface area contributed by atoms with Crippen LogP contribution in [-0.2, 0) is 0 Å². The molecule has 3 heteroatoms. The Morgan fingerprint density at radius 3 is 2.28 bits per heavy atom. The number of hydrogen-bond donors (Lipinski definition) is 2. The second-order valence-corrected chi connectivity index (χ2v) is 8.66. The lowest BCUT2D eigenvalue weighted by Gasteiger charge is -2.36. The van der Waals surface area contributed by atoms with Gasteiger partial charge in [-0.05, 0) is 66.0 Å². The van der Waals surface area contributed by atoms with E-state index >= 15 is 0 Å². The van der Waals surface area contributed by atoms with E-state index in [9.17, 15) is 10.2 Å². The molecular formula is C22H26O3. The zero-order chi connectivity index (χ0) is 17.8. The minimum absolute atomic E-state index is 0.00464. The van der Waals surface area contributed by atoms with Gasteiger partial charge in [0.2, 0.25) is 0 Å². The van der Waals surface area contributed by atoms with E-state index in [0.717, 1.165) is 29.7 Å². The number of rotatable bonds is 1. The predicted molar refractivity (Wildman–Crippen MR) is 98.0 cm³/mol. The molecule has 2 aromatic rings. The van der Waals surface area contributed by atoms with Crippen molar-refractivity contribution in [3.05, 3.63) is 53.6 Å². The first kappa shape index (κ1) is 16.3. The van der Waals surface area contributed by atoms with Crippen molar-refractivity contribution in [2.24, 2.45) is 17.3 Å². The molecule has 0 spiro atoms. The summed E-state index contributed by atoms with van der Waals surface area (Å²) in [5.74, 6) is 2.89. The maximum Gasteiger partial charge on any atom is 0.127 e. The molecule has 0 saturated heterocycles. The van der Waals surface area contributed by atoms with Crippen molar-refractivity contribution in [2.75, 3.05) is 0 Å². The van der Waals surface area contributed by atoms with Crippen LogP contribution in [0, 0.1) is 17.3 Å². The molecule has 0 bridgehead atoms. The monoisotopic (exact) mass is 338 g/mol. The Kier molecular flexibility index (Phi) is 3.71. The highest BCUT2D eigenvalue weighted by atomic mass is 16.5. The van der Waals surface area contributed by atoms with Gasteiger partial charge in [-0.3, -0.25) is 0 Å². The summed E-state index contributed by atoms with van der Waals surface area (Å²) < 4.78 is 6.40. The summed E-state index contributed by atoms with van der Waals surface area (Å²) in [6.45, 7) is 6.94. The van der Waals surface area contributed by atoms with E-state index in [1.807, 2.05) is 24.3 Å². The van der Waals surface area contributed by atoms with Gasteiger partial charge in [0.05, 0.1) is 0 Å². The van der Waals surface area contributed by atoms with Gasteiger partial charge in [0.25, 0.3) is 0 Å². The molecule has 2 aliphatic rings. The lowest BCUT2D eigenvalue weighted by atomic mass is 9.79. The summed E-state index contributed by atoms with van der Waals surface area (Å²) in [6.07, 6.45) is 2.24. The molecule has 1 fully saturated rings. The van der Waals surface area contributed by atoms with Crippen LogP contribution in [0.4, 0.5) is 0 Å². The van der Waals surface area contributed by atoms with Crippen molar-refractivity contribution in [2.45, 2.75) is 45.6 Å². The Morgan fingerprint density at radius 1 is 0.920 bits per heavy atom. The Labute approximate surface area is 149 Å². The van der Waals surface area contributed by atoms with Crippen LogP contribution in [0.25, 0.3) is 0 Å². The molecule has 132 valence electrons. The fourth-order valence-corrected chi connectivity index (χ4v) is 4.61. The van der Waals surface area contributed by atoms with Crippen LogP contribution in [0.2, 0.25) is 0 Å². The quantitative estimate of drug-likeness (QED) is 0.733. The van der Waals surface area contributed by atoms with Crippen LogP contribution in [0.15, 0.2) is 42.5 Å². The van der Waals surface area contributed by atoms with Crippen LogP contribution in [0.3, 0.4) is 0 Å². The van der Waals surface area contributed by atoms with E-state index in [1.165, 1.54) is 0 Å². The number of fused-ring (bicyclic) bond motifs is 3. The number of phenolic OH excluding ortho intramolecular Hbond substituents is 2. The first-order chi connectivity index (χ1) is 11.8. The largest absolute Gasteiger partial charge is 0.508 e. The minimum atomic E-state index is -0.00464. The second kappa shape index (κ2) is 5.69. The molecule has 4 atom stereocenters. The first-order valence-electron chi connectivity index (χ1n) is 9.11. The number of hydrogen-bond acceptors (Lipinski definition) is 3. The van der Waals surface area contributed by atoms with Crippen LogP contribution >= 0.6 is 0 Å². The molecule has 1 heterocycles. The Morgan fingerprint density at radius 2 is 1.60 bits per heavy atom. The molecular weight excluding hydrogens is 312 g/mol. The standard InChI is InChI=1S/C22H26O3/c1-22(2,3)14-10-17-18-12-16(24)8-9-20(18)25-21(19(17)11-14)13-4-6-15(23)7-5-13/h4-9,12,14,17,19,21,23-24H,10-11H2,1-3H3/t14?,17-,19?,21?/m1/s1. The van der Waals surface area contributed by atoms with Crippen LogP contribution in [-0.4, -0.2) is 10.2 Å². The maximum absolute atomic E-state index is 9.96. The van der Waals surface area contributed by atoms with Gasteiger partial charge in [-0.1, -0.05) is 32.9 Å². The highest BCUT2D eigenvalue weighted by Crippen LogP contribution is 2.59. The predicted octanol–water partition coefficient (Wildman–Crippen LogP) is 5.39. The topological polar surface area (TPSA) is 49.7 Å². The SMILES string of the molecule is CC(C)(C)C1CC2C(c3ccc(O)cc3)Oc3ccc(O)cc3[C@H]2C1. The molecule has 0 amide bonds. The number of aromatic hydroxyl groups is 2. The van der Waals surface area contributed by atoms with Gasteiger partial charge in [0, 0.05) is 11.5 Å². The van der Waals surface area contributed by atoms with Crippen molar-refractivity contribution in [3.63, 3.8) is 0 Å². The lowest BCUT2D eigenvalue weighted by Crippen LogP contribution is -2.26. The number of benzene rings is 2. The molecule has 1 aliphatic heterocycles. The van der Waals surface area contributed by atoms with Gasteiger partial charge in [0.15, 0.2) is 0 Å². The van der Waals surface area contributed by atoms with E-state index in [1.54, 1.807) is 18.2 Å². The summed E-state index contributed by atoms with van der Waals surface area (Å²) >= 11 is 0. The Balaban J connectivity index is 1.77. The van der Waals surface area contributed by atoms with Gasteiger partial charge in [-0.25, -0.2) is 0 Å². The van der Waals surface area contributed by atoms with E-state index in [0.29, 0.717) is 23.5 Å². The third-order valence-electron chi connectivity index (χ3n) is 6.09. The number of ether oxygens (including phenoxy) is 1. The summed E-state index contributed by atoms with van der Waals surface area (Å²) in [6, 6.07) is 12.9. The first-order valence-corrected chi connectivity index (χ1v) is 9.11. The second-order valence-electron chi connectivity index (χ2n) is 8.66. The van der Waals surface area contributed by atoms with E-state index in [2.05, 4.69) is 20.8 Å². The molecule has 25 heavy (non-hydrogen) atoms. The summed E-state index contributed by atoms with van der Waals surface area (Å²) in [5.41, 5.74) is 2.52. The van der Waals surface area contributed by atoms with Crippen molar-refractivity contribution < 1.29 is 14.9 Å². The van der Waals surface area contributed by atoms with Gasteiger partial charge in [0.1, 0.15) is 23.4 Å². The summed E-state index contributed by atoms with van der Waals surface area (Å²) in [4.78, 5) is 0. The summed E-state index contributed by atoms with van der Waals surface area (Å²) in [7, 11) is 0. The minimum Gasteiger partial charge on any atom is -0.508 e. The van der Waals surface area contributed by atoms with Crippen LogP contribution < -0.4 is 4.74 Å². The van der Waals surface area contributed by atoms with E-state index in [4.69, 9.17) is 4.74 Å². The molecule has 0 aromatic heterocycles. The van der Waals surface area contributed by atoms with Crippen LogP contribution in [0.5, 0.6) is 17.2 Å². The Bertz CT molecular complexity index is 773. The van der Waals surface area contributed by atoms with Gasteiger partial charge in [-0.15, -0.1) is 0 Å². The zero-order valence-corrected chi connectivity index (χ0v) is 15.1. The lowest BCUT2D eigenvalue weighted by molar-refractivity contribution is 0.0994. The highest BCUT2D eigenvalue weighted by molar-refractivity contribution is 5.46.